The van der Waals surface area contributed by atoms with Gasteiger partial charge < -0.3 is 42.2 Å². The van der Waals surface area contributed by atoms with E-state index in [1.54, 1.807) is 13.8 Å². The summed E-state index contributed by atoms with van der Waals surface area (Å²) in [5.41, 5.74) is -0.684. The lowest BCUT2D eigenvalue weighted by molar-refractivity contribution is -0.384. The monoisotopic (exact) mass is 1070 g/mol. The van der Waals surface area contributed by atoms with Crippen LogP contribution in [0, 0.1) is 20.9 Å². The maximum atomic E-state index is 13.1. The number of carbonyl (C=O) groups excluding carboxylic acids is 4. The van der Waals surface area contributed by atoms with Crippen LogP contribution in [0.1, 0.15) is 61.1 Å². The maximum absolute atomic E-state index is 13.1. The number of benzene rings is 1. The number of esters is 2. The molecule has 0 radical (unpaired) electrons. The highest BCUT2D eigenvalue weighted by Crippen LogP contribution is 2.46. The number of halogens is 1. The van der Waals surface area contributed by atoms with Crippen molar-refractivity contribution in [1.82, 2.24) is 24.8 Å². The van der Waals surface area contributed by atoms with Crippen LogP contribution in [0.4, 0.5) is 16.3 Å². The number of rotatable bonds is 25. The van der Waals surface area contributed by atoms with Gasteiger partial charge in [-0.2, -0.15) is 0 Å². The third kappa shape index (κ3) is 16.8. The minimum atomic E-state index is -4.73. The Bertz CT molecular complexity index is 2140. The molecule has 1 aliphatic heterocycles. The highest BCUT2D eigenvalue weighted by molar-refractivity contribution is 14.1. The van der Waals surface area contributed by atoms with Gasteiger partial charge in [0.25, 0.3) is 5.69 Å². The topological polar surface area (TPSA) is 290 Å². The second-order valence-electron chi connectivity index (χ2n) is 15.9. The lowest BCUT2D eigenvalue weighted by atomic mass is 9.93. The van der Waals surface area contributed by atoms with E-state index in [-0.39, 0.29) is 55.4 Å². The van der Waals surface area contributed by atoms with Gasteiger partial charge >= 0.3 is 25.9 Å². The van der Waals surface area contributed by atoms with Gasteiger partial charge in [-0.15, -0.1) is 0 Å². The molecule has 0 bridgehead atoms. The molecule has 23 nitrogen and oxygen atoms in total. The van der Waals surface area contributed by atoms with E-state index in [1.807, 2.05) is 43.6 Å². The molecule has 1 aliphatic rings. The highest BCUT2D eigenvalue weighted by Gasteiger charge is 2.51. The average molecular weight is 1070 g/mol. The van der Waals surface area contributed by atoms with Crippen molar-refractivity contribution >= 4 is 98.9 Å². The zero-order valence-electron chi connectivity index (χ0n) is 36.0. The van der Waals surface area contributed by atoms with Gasteiger partial charge in [0.15, 0.2) is 35.4 Å². The molecule has 1 amide bonds. The van der Waals surface area contributed by atoms with Gasteiger partial charge in [-0.3, -0.25) is 38.1 Å². The number of hydrogen-bond acceptors (Lipinski definition) is 21. The number of amides is 1. The molecule has 27 heteroatoms. The second kappa shape index (κ2) is 24.0. The Hall–Kier alpha value is -3.89. The van der Waals surface area contributed by atoms with Crippen molar-refractivity contribution in [3.05, 3.63) is 47.0 Å². The van der Waals surface area contributed by atoms with Gasteiger partial charge in [0.05, 0.1) is 60.5 Å². The number of phosphoric ester groups is 1. The first-order chi connectivity index (χ1) is 30.1. The lowest BCUT2D eigenvalue weighted by Crippen LogP contribution is -2.40. The van der Waals surface area contributed by atoms with Crippen molar-refractivity contribution in [2.45, 2.75) is 84.7 Å². The number of nitrogens with one attached hydrogen (secondary N) is 2. The molecular weight excluding hydrogens is 1020 g/mol. The van der Waals surface area contributed by atoms with E-state index in [2.05, 4.69) is 23.8 Å². The largest absolute Gasteiger partial charge is 0.513 e. The summed E-state index contributed by atoms with van der Waals surface area (Å²) in [6.45, 7) is 11.4. The maximum Gasteiger partial charge on any atom is 0.513 e. The van der Waals surface area contributed by atoms with E-state index in [0.29, 0.717) is 29.3 Å². The number of ether oxygens (including phenoxy) is 6. The van der Waals surface area contributed by atoms with Gasteiger partial charge in [0.1, 0.15) is 24.8 Å². The number of aromatic nitrogens is 4. The molecule has 64 heavy (non-hydrogen) atoms. The third-order valence-corrected chi connectivity index (χ3v) is 13.0. The Labute approximate surface area is 390 Å². The van der Waals surface area contributed by atoms with Crippen molar-refractivity contribution in [1.29, 1.82) is 0 Å². The fourth-order valence-corrected chi connectivity index (χ4v) is 9.12. The standard InChI is InChI=1S/C37H51IN7O16PS2/c1-22(14-55-35(49)60-26-10-8-25(9-11-26)45(50)51)64-63-13-12-28(48)39-16-36(4,5)17-54-18-37(6,7)19-57-62(52,53)56-15-27-30(58-23(2)46)31(59-24(3)47)34(61-27)44-21-42-29-32(43-38)40-20-41-33(29)44/h8-11,20-22,27,30-31,34H,12-19H2,1-7H3,(H,39,48)(H,52,53)(H,40,41,43)/t22?,27-,30-,31-,34-/m1/s1. The SMILES string of the molecule is CC(=O)O[C@@H]1[C@H](OC(C)=O)[C@@H](COP(=O)(O)OCC(C)(C)COCC(C)(C)CNC(=O)CCSSC(C)COC(=O)Oc2ccc([N+](=O)[O-])cc2)O[C@H]1n1cnc2c(NI)ncnc21. The van der Waals surface area contributed by atoms with Crippen molar-refractivity contribution in [3.63, 3.8) is 0 Å². The molecule has 0 aliphatic carbocycles. The normalized spacial score (nSPS) is 19.0. The molecule has 354 valence electrons. The fourth-order valence-electron chi connectivity index (χ4n) is 5.68. The summed E-state index contributed by atoms with van der Waals surface area (Å²) in [6.07, 6.45) is -2.83. The number of carbonyl (C=O) groups is 4. The Morgan fingerprint density at radius 2 is 1.69 bits per heavy atom. The minimum absolute atomic E-state index is 0.0531. The van der Waals surface area contributed by atoms with Crippen LogP contribution in [0.2, 0.25) is 0 Å². The van der Waals surface area contributed by atoms with Crippen molar-refractivity contribution < 1.29 is 71.0 Å². The van der Waals surface area contributed by atoms with Crippen LogP contribution in [0.15, 0.2) is 36.9 Å². The smallest absolute Gasteiger partial charge is 0.456 e. The summed E-state index contributed by atoms with van der Waals surface area (Å²) in [7, 11) is -1.84. The number of fused-ring (bicyclic) bond motifs is 1. The lowest BCUT2D eigenvalue weighted by Gasteiger charge is -2.29. The highest BCUT2D eigenvalue weighted by atomic mass is 127. The van der Waals surface area contributed by atoms with E-state index in [4.69, 9.17) is 37.5 Å². The van der Waals surface area contributed by atoms with Gasteiger partial charge in [-0.1, -0.05) is 49.3 Å². The van der Waals surface area contributed by atoms with E-state index in [1.165, 1.54) is 70.0 Å². The van der Waals surface area contributed by atoms with E-state index in [9.17, 15) is 38.8 Å². The van der Waals surface area contributed by atoms with Crippen LogP contribution in [0.3, 0.4) is 0 Å². The summed E-state index contributed by atoms with van der Waals surface area (Å²) in [5, 5.41) is 13.6. The van der Waals surface area contributed by atoms with E-state index in [0.717, 1.165) is 6.92 Å². The average Bonchev–Trinajstić information content (AvgIpc) is 3.80. The second-order valence-corrected chi connectivity index (χ2v) is 20.8. The molecule has 1 saturated heterocycles. The third-order valence-electron chi connectivity index (χ3n) is 8.71. The van der Waals surface area contributed by atoms with E-state index < -0.39 is 72.8 Å². The van der Waals surface area contributed by atoms with Crippen molar-refractivity contribution in [2.75, 3.05) is 48.9 Å². The quantitative estimate of drug-likeness (QED) is 0.00843. The first kappa shape index (κ1) is 52.7. The molecule has 1 fully saturated rings. The van der Waals surface area contributed by atoms with Gasteiger partial charge in [0, 0.05) is 60.8 Å². The number of non-ortho nitro benzene ring substituents is 1. The van der Waals surface area contributed by atoms with Gasteiger partial charge in [-0.05, 0) is 19.1 Å². The zero-order valence-corrected chi connectivity index (χ0v) is 40.6. The molecule has 3 aromatic rings. The molecule has 1 aromatic carbocycles. The van der Waals surface area contributed by atoms with E-state index >= 15 is 0 Å². The summed E-state index contributed by atoms with van der Waals surface area (Å²) >= 11 is 1.89. The van der Waals surface area contributed by atoms with Crippen LogP contribution in [-0.2, 0) is 51.7 Å². The Morgan fingerprint density at radius 1 is 1.02 bits per heavy atom. The van der Waals surface area contributed by atoms with Gasteiger partial charge in [-0.25, -0.2) is 24.3 Å². The predicted molar refractivity (Wildman–Crippen MR) is 240 cm³/mol. The predicted octanol–water partition coefficient (Wildman–Crippen LogP) is 5.95. The Kier molecular flexibility index (Phi) is 19.8. The van der Waals surface area contributed by atoms with Gasteiger partial charge in [0.2, 0.25) is 5.91 Å². The summed E-state index contributed by atoms with van der Waals surface area (Å²) < 4.78 is 61.3. The molecule has 3 N–H and O–H groups in total. The number of nitrogens with zero attached hydrogens (tertiary/aromatic N) is 5. The van der Waals surface area contributed by atoms with Crippen LogP contribution in [0.5, 0.6) is 5.75 Å². The molecule has 2 unspecified atom stereocenters. The first-order valence-corrected chi connectivity index (χ1v) is 24.4. The van der Waals surface area contributed by atoms with Crippen LogP contribution in [0.25, 0.3) is 11.2 Å². The molecule has 0 spiro atoms. The number of nitro benzene ring substituents is 1. The van der Waals surface area contributed by atoms with Crippen LogP contribution >= 0.6 is 52.3 Å². The zero-order chi connectivity index (χ0) is 47.2. The molecule has 0 saturated carbocycles. The summed E-state index contributed by atoms with van der Waals surface area (Å²) in [5.74, 6) is -0.559. The number of hydrogen-bond donors (Lipinski definition) is 3. The number of phosphoric acid groups is 1. The molecule has 3 heterocycles. The Morgan fingerprint density at radius 3 is 2.34 bits per heavy atom. The summed E-state index contributed by atoms with van der Waals surface area (Å²) in [4.78, 5) is 82.4. The number of nitro groups is 1. The minimum Gasteiger partial charge on any atom is -0.456 e. The van der Waals surface area contributed by atoms with Crippen molar-refractivity contribution in [3.8, 4) is 5.75 Å². The van der Waals surface area contributed by atoms with Crippen LogP contribution in [-0.4, -0.2) is 122 Å². The molecule has 6 atom stereocenters. The molecule has 2 aromatic heterocycles. The van der Waals surface area contributed by atoms with Crippen molar-refractivity contribution in [2.24, 2.45) is 10.8 Å². The summed E-state index contributed by atoms with van der Waals surface area (Å²) in [6, 6.07) is 5.02. The molecular formula is C37H51IN7O16PS2. The number of anilines is 1. The molecule has 4 rings (SSSR count). The number of imidazole rings is 1. The van der Waals surface area contributed by atoms with Crippen LogP contribution < -0.4 is 13.6 Å². The fraction of sp³-hybridized carbons (Fsp3) is 0.595. The first-order valence-electron chi connectivity index (χ1n) is 19.5. The Balaban J connectivity index is 1.16.